The van der Waals surface area contributed by atoms with E-state index in [1.165, 1.54) is 6.92 Å². The van der Waals surface area contributed by atoms with Crippen LogP contribution in [0.3, 0.4) is 0 Å². The molecule has 1 aromatic rings. The summed E-state index contributed by atoms with van der Waals surface area (Å²) in [6, 6.07) is 9.44. The molecule has 6 nitrogen and oxygen atoms in total. The molecule has 0 radical (unpaired) electrons. The van der Waals surface area contributed by atoms with Gasteiger partial charge in [0.15, 0.2) is 8.32 Å². The molecule has 0 saturated carbocycles. The summed E-state index contributed by atoms with van der Waals surface area (Å²) in [7, 11) is -2.08. The predicted molar refractivity (Wildman–Crippen MR) is 143 cm³/mol. The summed E-state index contributed by atoms with van der Waals surface area (Å²) in [6.45, 7) is 17.0. The van der Waals surface area contributed by atoms with Gasteiger partial charge in [-0.25, -0.2) is 4.79 Å². The van der Waals surface area contributed by atoms with Crippen LogP contribution in [0, 0.1) is 0 Å². The number of amides is 1. The number of carbonyl (C=O) groups is 2. The van der Waals surface area contributed by atoms with E-state index in [0.717, 1.165) is 18.4 Å². The lowest BCUT2D eigenvalue weighted by Gasteiger charge is -2.40. The maximum absolute atomic E-state index is 13.3. The molecule has 7 heteroatoms. The fourth-order valence-electron chi connectivity index (χ4n) is 3.86. The molecule has 1 aliphatic rings. The summed E-state index contributed by atoms with van der Waals surface area (Å²) < 4.78 is 18.0. The zero-order chi connectivity index (χ0) is 26.1. The van der Waals surface area contributed by atoms with Crippen molar-refractivity contribution < 1.29 is 23.5 Å². The number of nitrogens with zero attached hydrogens (tertiary/aromatic N) is 1. The third-order valence-corrected chi connectivity index (χ3v) is 11.3. The molecule has 3 atom stereocenters. The van der Waals surface area contributed by atoms with Gasteiger partial charge in [0.1, 0.15) is 12.7 Å². The van der Waals surface area contributed by atoms with Crippen LogP contribution < -0.4 is 0 Å². The van der Waals surface area contributed by atoms with Crippen LogP contribution in [0.2, 0.25) is 18.1 Å². The Kier molecular flexibility index (Phi) is 10.8. The molecule has 1 amide bonds. The largest absolute Gasteiger partial charge is 0.458 e. The Morgan fingerprint density at radius 1 is 1.14 bits per heavy atom. The first-order valence-corrected chi connectivity index (χ1v) is 15.5. The Hall–Kier alpha value is -2.38. The van der Waals surface area contributed by atoms with Crippen molar-refractivity contribution in [3.63, 3.8) is 0 Å². The number of esters is 1. The van der Waals surface area contributed by atoms with Crippen molar-refractivity contribution in [1.82, 2.24) is 4.90 Å². The quantitative estimate of drug-likeness (QED) is 0.156. The Morgan fingerprint density at radius 3 is 2.43 bits per heavy atom. The van der Waals surface area contributed by atoms with Gasteiger partial charge < -0.3 is 18.8 Å². The van der Waals surface area contributed by atoms with Crippen molar-refractivity contribution in [3.8, 4) is 0 Å². The second-order valence-electron chi connectivity index (χ2n) is 10.7. The van der Waals surface area contributed by atoms with E-state index < -0.39 is 8.32 Å². The summed E-state index contributed by atoms with van der Waals surface area (Å²) in [4.78, 5) is 26.7. The molecule has 2 rings (SSSR count). The van der Waals surface area contributed by atoms with Crippen LogP contribution in [-0.2, 0) is 25.3 Å². The van der Waals surface area contributed by atoms with Gasteiger partial charge in [0, 0.05) is 19.9 Å². The molecular weight excluding hydrogens is 458 g/mol. The van der Waals surface area contributed by atoms with Gasteiger partial charge in [0.25, 0.3) is 0 Å². The molecule has 1 aromatic carbocycles. The highest BCUT2D eigenvalue weighted by atomic mass is 28.4. The van der Waals surface area contributed by atoms with E-state index in [2.05, 4.69) is 40.4 Å². The third-order valence-electron chi connectivity index (χ3n) is 6.78. The highest BCUT2D eigenvalue weighted by Crippen LogP contribution is 2.39. The van der Waals surface area contributed by atoms with E-state index in [9.17, 15) is 9.59 Å². The van der Waals surface area contributed by atoms with Gasteiger partial charge in [-0.2, -0.15) is 0 Å². The molecule has 0 bridgehead atoms. The van der Waals surface area contributed by atoms with Gasteiger partial charge in [-0.3, -0.25) is 4.79 Å². The zero-order valence-corrected chi connectivity index (χ0v) is 23.3. The van der Waals surface area contributed by atoms with Crippen LogP contribution in [0.5, 0.6) is 0 Å². The van der Waals surface area contributed by atoms with Crippen LogP contribution in [0.15, 0.2) is 55.1 Å². The minimum Gasteiger partial charge on any atom is -0.458 e. The third kappa shape index (κ3) is 9.30. The lowest BCUT2D eigenvalue weighted by molar-refractivity contribution is -0.145. The Morgan fingerprint density at radius 2 is 1.83 bits per heavy atom. The van der Waals surface area contributed by atoms with Crippen LogP contribution in [-0.4, -0.2) is 50.1 Å². The second-order valence-corrected chi connectivity index (χ2v) is 15.5. The predicted octanol–water partition coefficient (Wildman–Crippen LogP) is 6.63. The number of carbonyl (C=O) groups excluding carboxylic acids is 2. The fourth-order valence-corrected chi connectivity index (χ4v) is 5.24. The smallest absolute Gasteiger partial charge is 0.410 e. The Balaban J connectivity index is 2.26. The van der Waals surface area contributed by atoms with Gasteiger partial charge in [0.05, 0.1) is 12.1 Å². The van der Waals surface area contributed by atoms with E-state index in [-0.39, 0.29) is 42.0 Å². The van der Waals surface area contributed by atoms with Crippen molar-refractivity contribution in [1.29, 1.82) is 0 Å². The molecule has 0 unspecified atom stereocenters. The molecule has 0 saturated heterocycles. The summed E-state index contributed by atoms with van der Waals surface area (Å²) in [6.07, 6.45) is 7.61. The highest BCUT2D eigenvalue weighted by molar-refractivity contribution is 6.74. The molecule has 0 spiro atoms. The number of benzene rings is 1. The van der Waals surface area contributed by atoms with Crippen LogP contribution >= 0.6 is 0 Å². The van der Waals surface area contributed by atoms with E-state index in [0.29, 0.717) is 19.4 Å². The van der Waals surface area contributed by atoms with Gasteiger partial charge in [-0.1, -0.05) is 63.3 Å². The topological polar surface area (TPSA) is 65.1 Å². The molecule has 0 fully saturated rings. The summed E-state index contributed by atoms with van der Waals surface area (Å²) in [5, 5.41) is 0.0391. The van der Waals surface area contributed by atoms with Crippen molar-refractivity contribution in [2.24, 2.45) is 0 Å². The minimum atomic E-state index is -2.08. The Bertz CT molecular complexity index is 862. The van der Waals surface area contributed by atoms with Crippen LogP contribution in [0.1, 0.15) is 58.9 Å². The lowest BCUT2D eigenvalue weighted by Crippen LogP contribution is -2.47. The van der Waals surface area contributed by atoms with E-state index in [1.807, 2.05) is 48.6 Å². The van der Waals surface area contributed by atoms with Gasteiger partial charge in [-0.15, -0.1) is 6.58 Å². The molecule has 35 heavy (non-hydrogen) atoms. The van der Waals surface area contributed by atoms with Crippen molar-refractivity contribution in [2.75, 3.05) is 6.54 Å². The first-order chi connectivity index (χ1) is 16.4. The fraction of sp³-hybridized carbons (Fsp3) is 0.571. The summed E-state index contributed by atoms with van der Waals surface area (Å²) in [5.74, 6) is -0.325. The van der Waals surface area contributed by atoms with Crippen molar-refractivity contribution in [3.05, 3.63) is 60.7 Å². The molecule has 1 aliphatic carbocycles. The number of ether oxygens (including phenoxy) is 2. The van der Waals surface area contributed by atoms with E-state index in [1.54, 1.807) is 4.90 Å². The maximum atomic E-state index is 13.3. The number of rotatable bonds is 10. The first-order valence-electron chi connectivity index (χ1n) is 12.5. The van der Waals surface area contributed by atoms with E-state index in [4.69, 9.17) is 13.9 Å². The zero-order valence-electron chi connectivity index (χ0n) is 22.3. The first kappa shape index (κ1) is 28.9. The van der Waals surface area contributed by atoms with Crippen molar-refractivity contribution >= 4 is 20.4 Å². The molecule has 0 aliphatic heterocycles. The van der Waals surface area contributed by atoms with Crippen LogP contribution in [0.25, 0.3) is 0 Å². The molecule has 194 valence electrons. The SMILES string of the molecule is C=CCCCN(C(=O)OCc1ccccc1)[C@@H]1C=C[C@@H](OC(C)=O)C[C@@H](O[Si](C)(C)C(C)(C)C)C1. The Labute approximate surface area is 212 Å². The minimum absolute atomic E-state index is 0.0391. The van der Waals surface area contributed by atoms with Gasteiger partial charge in [0.2, 0.25) is 0 Å². The lowest BCUT2D eigenvalue weighted by atomic mass is 10.1. The second kappa shape index (κ2) is 13.1. The van der Waals surface area contributed by atoms with Crippen molar-refractivity contribution in [2.45, 2.75) is 96.4 Å². The molecule has 0 heterocycles. The number of unbranched alkanes of at least 4 members (excludes halogenated alkanes) is 1. The van der Waals surface area contributed by atoms with Crippen LogP contribution in [0.4, 0.5) is 4.79 Å². The van der Waals surface area contributed by atoms with E-state index >= 15 is 0 Å². The maximum Gasteiger partial charge on any atom is 0.410 e. The highest BCUT2D eigenvalue weighted by Gasteiger charge is 2.41. The summed E-state index contributed by atoms with van der Waals surface area (Å²) in [5.41, 5.74) is 0.942. The van der Waals surface area contributed by atoms with Gasteiger partial charge >= 0.3 is 12.1 Å². The number of allylic oxidation sites excluding steroid dienone is 1. The van der Waals surface area contributed by atoms with Gasteiger partial charge in [-0.05, 0) is 49.0 Å². The standard InChI is InChI=1S/C28H43NO5Si/c1-8-9-13-18-29(27(31)32-21-23-14-11-10-12-15-23)24-16-17-25(33-22(2)30)20-26(19-24)34-35(6,7)28(3,4)5/h8,10-12,14-17,24-26H,1,9,13,18-21H2,2-7H3/t24-,25-,26+/m1/s1. The molecule has 0 aromatic heterocycles. The molecule has 0 N–H and O–H groups in total. The average Bonchev–Trinajstić information content (AvgIpc) is 2.96. The number of hydrogen-bond donors (Lipinski definition) is 0. The average molecular weight is 502 g/mol. The number of hydrogen-bond acceptors (Lipinski definition) is 5. The normalized spacial score (nSPS) is 20.6. The molecular formula is C28H43NO5Si. The summed E-state index contributed by atoms with van der Waals surface area (Å²) >= 11 is 0. The monoisotopic (exact) mass is 501 g/mol.